The number of nitrogens with one attached hydrogen (secondary N) is 1. The molecule has 1 N–H and O–H groups in total. The lowest BCUT2D eigenvalue weighted by Crippen LogP contribution is -2.56. The van der Waals surface area contributed by atoms with Gasteiger partial charge >= 0.3 is 6.03 Å². The standard InChI is InChI=1S/C19H16ClN5O2/c1-24-16-12(9-22-24)8-21-10-15(16)25-17(26)19(23-18(25)27)6-11(7-19)13-4-2-3-5-14(13)20/h2-5,8-11H,6-7H2,1H3,(H,23,27). The molecule has 0 unspecified atom stereocenters. The van der Waals surface area contributed by atoms with E-state index in [1.54, 1.807) is 24.1 Å². The molecule has 1 saturated carbocycles. The van der Waals surface area contributed by atoms with Gasteiger partial charge in [-0.15, -0.1) is 0 Å². The fourth-order valence-corrected chi connectivity index (χ4v) is 4.49. The van der Waals surface area contributed by atoms with Gasteiger partial charge in [-0.2, -0.15) is 5.10 Å². The van der Waals surface area contributed by atoms with Gasteiger partial charge in [-0.3, -0.25) is 14.5 Å². The van der Waals surface area contributed by atoms with Gasteiger partial charge in [-0.25, -0.2) is 9.69 Å². The third-order valence-corrected chi connectivity index (χ3v) is 5.90. The van der Waals surface area contributed by atoms with Crippen LogP contribution in [-0.4, -0.2) is 32.2 Å². The summed E-state index contributed by atoms with van der Waals surface area (Å²) in [6.45, 7) is 0. The van der Waals surface area contributed by atoms with Gasteiger partial charge < -0.3 is 5.32 Å². The van der Waals surface area contributed by atoms with Gasteiger partial charge in [0.1, 0.15) is 5.54 Å². The van der Waals surface area contributed by atoms with Crippen LogP contribution in [0, 0.1) is 0 Å². The minimum Gasteiger partial charge on any atom is -0.323 e. The minimum atomic E-state index is -0.873. The van der Waals surface area contributed by atoms with Crippen LogP contribution in [0.4, 0.5) is 10.5 Å². The van der Waals surface area contributed by atoms with Crippen molar-refractivity contribution < 1.29 is 9.59 Å². The number of halogens is 1. The number of aryl methyl sites for hydroxylation is 1. The highest BCUT2D eigenvalue weighted by Crippen LogP contribution is 2.50. The highest BCUT2D eigenvalue weighted by molar-refractivity contribution is 6.31. The maximum absolute atomic E-state index is 13.2. The fourth-order valence-electron chi connectivity index (χ4n) is 4.20. The van der Waals surface area contributed by atoms with Crippen LogP contribution in [0.25, 0.3) is 10.9 Å². The summed E-state index contributed by atoms with van der Waals surface area (Å²) in [5.74, 6) is -0.0974. The maximum Gasteiger partial charge on any atom is 0.329 e. The van der Waals surface area contributed by atoms with E-state index in [9.17, 15) is 9.59 Å². The Labute approximate surface area is 159 Å². The molecule has 8 heteroatoms. The number of amides is 3. The molecule has 2 aromatic heterocycles. The predicted octanol–water partition coefficient (Wildman–Crippen LogP) is 2.99. The molecule has 2 aliphatic rings. The zero-order valence-corrected chi connectivity index (χ0v) is 15.3. The number of carbonyl (C=O) groups excluding carboxylic acids is 2. The molecule has 0 radical (unpaired) electrons. The molecule has 136 valence electrons. The number of carbonyl (C=O) groups is 2. The Hall–Kier alpha value is -2.93. The van der Waals surface area contributed by atoms with Crippen molar-refractivity contribution in [3.8, 4) is 0 Å². The molecule has 0 atom stereocenters. The minimum absolute atomic E-state index is 0.147. The molecule has 1 spiro atoms. The summed E-state index contributed by atoms with van der Waals surface area (Å²) in [4.78, 5) is 31.3. The van der Waals surface area contributed by atoms with Gasteiger partial charge in [0.15, 0.2) is 0 Å². The summed E-state index contributed by atoms with van der Waals surface area (Å²) in [6.07, 6.45) is 5.93. The van der Waals surface area contributed by atoms with Crippen molar-refractivity contribution in [2.75, 3.05) is 4.90 Å². The molecule has 1 aromatic carbocycles. The van der Waals surface area contributed by atoms with E-state index in [4.69, 9.17) is 11.6 Å². The quantitative estimate of drug-likeness (QED) is 0.692. The molecule has 3 heterocycles. The van der Waals surface area contributed by atoms with Gasteiger partial charge in [0.2, 0.25) is 0 Å². The summed E-state index contributed by atoms with van der Waals surface area (Å²) in [7, 11) is 1.77. The summed E-state index contributed by atoms with van der Waals surface area (Å²) >= 11 is 6.29. The van der Waals surface area contributed by atoms with E-state index in [1.807, 2.05) is 24.3 Å². The van der Waals surface area contributed by atoms with E-state index >= 15 is 0 Å². The summed E-state index contributed by atoms with van der Waals surface area (Å²) in [5, 5.41) is 8.57. The molecular formula is C19H16ClN5O2. The molecule has 27 heavy (non-hydrogen) atoms. The van der Waals surface area contributed by atoms with Gasteiger partial charge in [-0.05, 0) is 30.4 Å². The summed E-state index contributed by atoms with van der Waals surface area (Å²) in [5.41, 5.74) is 1.29. The lowest BCUT2D eigenvalue weighted by molar-refractivity contribution is -0.125. The Morgan fingerprint density at radius 3 is 2.74 bits per heavy atom. The van der Waals surface area contributed by atoms with Crippen LogP contribution < -0.4 is 10.2 Å². The number of benzene rings is 1. The van der Waals surface area contributed by atoms with Crippen molar-refractivity contribution in [1.29, 1.82) is 0 Å². The molecule has 2 fully saturated rings. The van der Waals surface area contributed by atoms with Crippen LogP contribution in [0.15, 0.2) is 42.9 Å². The fraction of sp³-hybridized carbons (Fsp3) is 0.263. The molecule has 1 saturated heterocycles. The average Bonchev–Trinajstić information content (AvgIpc) is 3.12. The normalized spacial score (nSPS) is 24.5. The van der Waals surface area contributed by atoms with Gasteiger partial charge in [0.25, 0.3) is 5.91 Å². The van der Waals surface area contributed by atoms with Gasteiger partial charge in [0.05, 0.1) is 23.6 Å². The second kappa shape index (κ2) is 5.53. The van der Waals surface area contributed by atoms with Crippen molar-refractivity contribution in [2.24, 2.45) is 7.05 Å². The number of imide groups is 1. The van der Waals surface area contributed by atoms with Gasteiger partial charge in [0, 0.05) is 23.7 Å². The topological polar surface area (TPSA) is 80.1 Å². The van der Waals surface area contributed by atoms with Crippen LogP contribution in [0.5, 0.6) is 0 Å². The van der Waals surface area contributed by atoms with Crippen LogP contribution >= 0.6 is 11.6 Å². The molecule has 7 nitrogen and oxygen atoms in total. The molecule has 3 amide bonds. The van der Waals surface area contributed by atoms with Crippen molar-refractivity contribution in [2.45, 2.75) is 24.3 Å². The average molecular weight is 382 g/mol. The Morgan fingerprint density at radius 1 is 1.19 bits per heavy atom. The number of anilines is 1. The van der Waals surface area contributed by atoms with Gasteiger partial charge in [-0.1, -0.05) is 29.8 Å². The second-order valence-electron chi connectivity index (χ2n) is 7.14. The highest BCUT2D eigenvalue weighted by Gasteiger charge is 2.59. The van der Waals surface area contributed by atoms with Crippen molar-refractivity contribution in [3.63, 3.8) is 0 Å². The first-order valence-corrected chi connectivity index (χ1v) is 9.05. The lowest BCUT2D eigenvalue weighted by atomic mass is 9.65. The number of hydrogen-bond donors (Lipinski definition) is 1. The summed E-state index contributed by atoms with van der Waals surface area (Å²) < 4.78 is 1.64. The maximum atomic E-state index is 13.2. The van der Waals surface area contributed by atoms with E-state index in [-0.39, 0.29) is 11.8 Å². The molecule has 5 rings (SSSR count). The molecule has 1 aliphatic heterocycles. The van der Waals surface area contributed by atoms with Crippen LogP contribution in [0.2, 0.25) is 5.02 Å². The lowest BCUT2D eigenvalue weighted by Gasteiger charge is -2.43. The third-order valence-electron chi connectivity index (χ3n) is 5.56. The molecular weight excluding hydrogens is 366 g/mol. The largest absolute Gasteiger partial charge is 0.329 e. The first-order chi connectivity index (χ1) is 13.0. The van der Waals surface area contributed by atoms with Crippen molar-refractivity contribution in [1.82, 2.24) is 20.1 Å². The Morgan fingerprint density at radius 2 is 1.96 bits per heavy atom. The number of fused-ring (bicyclic) bond motifs is 1. The van der Waals surface area contributed by atoms with E-state index in [2.05, 4.69) is 15.4 Å². The smallest absolute Gasteiger partial charge is 0.323 e. The van der Waals surface area contributed by atoms with E-state index in [0.29, 0.717) is 29.1 Å². The first kappa shape index (κ1) is 16.3. The van der Waals surface area contributed by atoms with E-state index in [1.165, 1.54) is 11.1 Å². The molecule has 3 aromatic rings. The number of aromatic nitrogens is 3. The number of urea groups is 1. The van der Waals surface area contributed by atoms with Crippen molar-refractivity contribution >= 4 is 40.1 Å². The summed E-state index contributed by atoms with van der Waals surface area (Å²) in [6, 6.07) is 7.21. The van der Waals surface area contributed by atoms with Crippen LogP contribution in [0.1, 0.15) is 24.3 Å². The van der Waals surface area contributed by atoms with E-state index < -0.39 is 11.6 Å². The Balaban J connectivity index is 1.48. The third kappa shape index (κ3) is 2.21. The van der Waals surface area contributed by atoms with Crippen LogP contribution in [-0.2, 0) is 11.8 Å². The monoisotopic (exact) mass is 381 g/mol. The number of hydrogen-bond acceptors (Lipinski definition) is 4. The van der Waals surface area contributed by atoms with E-state index in [0.717, 1.165) is 10.9 Å². The predicted molar refractivity (Wildman–Crippen MR) is 101 cm³/mol. The molecule has 0 bridgehead atoms. The SMILES string of the molecule is Cn1ncc2cncc(N3C(=O)NC4(CC(c5ccccc5Cl)C4)C3=O)c21. The van der Waals surface area contributed by atoms with Crippen molar-refractivity contribution in [3.05, 3.63) is 53.4 Å². The first-order valence-electron chi connectivity index (χ1n) is 8.67. The number of pyridine rings is 1. The van der Waals surface area contributed by atoms with Crippen LogP contribution in [0.3, 0.4) is 0 Å². The zero-order chi connectivity index (χ0) is 18.8. The molecule has 1 aliphatic carbocycles. The highest BCUT2D eigenvalue weighted by atomic mass is 35.5. The zero-order valence-electron chi connectivity index (χ0n) is 14.5. The Bertz CT molecular complexity index is 1100. The second-order valence-corrected chi connectivity index (χ2v) is 7.55. The number of rotatable bonds is 2. The Kier molecular flexibility index (Phi) is 3.33. The number of nitrogens with zero attached hydrogens (tertiary/aromatic N) is 4.